The van der Waals surface area contributed by atoms with Gasteiger partial charge in [-0.2, -0.15) is 4.98 Å². The molecule has 2 aromatic rings. The number of aliphatic imine (C=N–C) groups is 1. The molecule has 0 aliphatic rings. The number of anilines is 1. The predicted molar refractivity (Wildman–Crippen MR) is 85.1 cm³/mol. The summed E-state index contributed by atoms with van der Waals surface area (Å²) in [4.78, 5) is 8.32. The number of rotatable bonds is 6. The highest BCUT2D eigenvalue weighted by Crippen LogP contribution is 2.16. The van der Waals surface area contributed by atoms with E-state index in [9.17, 15) is 0 Å². The Morgan fingerprint density at radius 2 is 2.09 bits per heavy atom. The molecular formula is C15H21N5O2. The van der Waals surface area contributed by atoms with Crippen molar-refractivity contribution in [3.05, 3.63) is 36.0 Å². The molecule has 3 N–H and O–H groups in total. The number of nitrogens with zero attached hydrogens (tertiary/aromatic N) is 3. The lowest BCUT2D eigenvalue weighted by Gasteiger charge is -2.10. The van der Waals surface area contributed by atoms with Crippen LogP contribution in [-0.2, 0) is 6.42 Å². The molecule has 0 saturated carbocycles. The summed E-state index contributed by atoms with van der Waals surface area (Å²) in [5.41, 5.74) is 6.69. The van der Waals surface area contributed by atoms with Gasteiger partial charge in [0.25, 0.3) is 0 Å². The fourth-order valence-electron chi connectivity index (χ4n) is 1.79. The Morgan fingerprint density at radius 1 is 1.36 bits per heavy atom. The zero-order chi connectivity index (χ0) is 15.9. The van der Waals surface area contributed by atoms with Gasteiger partial charge in [-0.1, -0.05) is 5.16 Å². The van der Waals surface area contributed by atoms with Crippen molar-refractivity contribution in [2.24, 2.45) is 10.7 Å². The number of guanidine groups is 1. The Kier molecular flexibility index (Phi) is 5.35. The zero-order valence-corrected chi connectivity index (χ0v) is 13.0. The summed E-state index contributed by atoms with van der Waals surface area (Å²) in [7, 11) is 0. The lowest BCUT2D eigenvalue weighted by atomic mass is 10.3. The summed E-state index contributed by atoms with van der Waals surface area (Å²) in [6, 6.07) is 7.55. The molecule has 0 saturated heterocycles. The van der Waals surface area contributed by atoms with Crippen molar-refractivity contribution in [1.29, 1.82) is 0 Å². The fourth-order valence-corrected chi connectivity index (χ4v) is 1.79. The number of benzene rings is 1. The van der Waals surface area contributed by atoms with Gasteiger partial charge in [-0.05, 0) is 45.0 Å². The zero-order valence-electron chi connectivity index (χ0n) is 13.0. The molecule has 0 spiro atoms. The van der Waals surface area contributed by atoms with Crippen molar-refractivity contribution in [3.8, 4) is 5.75 Å². The van der Waals surface area contributed by atoms with Crippen molar-refractivity contribution in [2.75, 3.05) is 11.9 Å². The third kappa shape index (κ3) is 5.08. The molecule has 22 heavy (non-hydrogen) atoms. The fraction of sp³-hybridized carbons (Fsp3) is 0.400. The van der Waals surface area contributed by atoms with Gasteiger partial charge in [-0.3, -0.25) is 4.99 Å². The maximum Gasteiger partial charge on any atom is 0.228 e. The second-order valence-electron chi connectivity index (χ2n) is 5.07. The van der Waals surface area contributed by atoms with Crippen molar-refractivity contribution in [3.63, 3.8) is 0 Å². The molecular weight excluding hydrogens is 282 g/mol. The Morgan fingerprint density at radius 3 is 2.68 bits per heavy atom. The second kappa shape index (κ2) is 7.44. The van der Waals surface area contributed by atoms with E-state index < -0.39 is 0 Å². The SMILES string of the molecule is Cc1noc(CCN=C(N)Nc2ccc(OC(C)C)cc2)n1. The van der Waals surface area contributed by atoms with Crippen molar-refractivity contribution < 1.29 is 9.26 Å². The van der Waals surface area contributed by atoms with Gasteiger partial charge < -0.3 is 20.3 Å². The van der Waals surface area contributed by atoms with E-state index in [1.165, 1.54) is 0 Å². The molecule has 1 aromatic heterocycles. The Labute approximate surface area is 129 Å². The van der Waals surface area contributed by atoms with Gasteiger partial charge in [-0.25, -0.2) is 0 Å². The van der Waals surface area contributed by atoms with E-state index >= 15 is 0 Å². The minimum atomic E-state index is 0.152. The van der Waals surface area contributed by atoms with Gasteiger partial charge in [0.2, 0.25) is 5.89 Å². The van der Waals surface area contributed by atoms with Crippen LogP contribution in [0.2, 0.25) is 0 Å². The van der Waals surface area contributed by atoms with E-state index in [2.05, 4.69) is 20.4 Å². The van der Waals surface area contributed by atoms with Crippen LogP contribution in [0.15, 0.2) is 33.8 Å². The molecule has 0 radical (unpaired) electrons. The smallest absolute Gasteiger partial charge is 0.228 e. The molecule has 0 amide bonds. The number of aromatic nitrogens is 2. The predicted octanol–water partition coefficient (Wildman–Crippen LogP) is 2.13. The summed E-state index contributed by atoms with van der Waals surface area (Å²) in [6.45, 7) is 6.23. The summed E-state index contributed by atoms with van der Waals surface area (Å²) in [5.74, 6) is 2.34. The Balaban J connectivity index is 1.82. The van der Waals surface area contributed by atoms with Crippen LogP contribution in [0, 0.1) is 6.92 Å². The van der Waals surface area contributed by atoms with Crippen LogP contribution in [0.1, 0.15) is 25.6 Å². The van der Waals surface area contributed by atoms with Crippen LogP contribution in [0.3, 0.4) is 0 Å². The molecule has 0 aliphatic heterocycles. The Bertz CT molecular complexity index is 619. The highest BCUT2D eigenvalue weighted by Gasteiger charge is 2.02. The van der Waals surface area contributed by atoms with Crippen molar-refractivity contribution >= 4 is 11.6 Å². The van der Waals surface area contributed by atoms with Crippen LogP contribution < -0.4 is 15.8 Å². The summed E-state index contributed by atoms with van der Waals surface area (Å²) < 4.78 is 10.6. The van der Waals surface area contributed by atoms with Crippen LogP contribution in [-0.4, -0.2) is 28.7 Å². The lowest BCUT2D eigenvalue weighted by Crippen LogP contribution is -2.23. The standard InChI is InChI=1S/C15H21N5O2/c1-10(2)21-13-6-4-12(5-7-13)19-15(16)17-9-8-14-18-11(3)20-22-14/h4-7,10H,8-9H2,1-3H3,(H3,16,17,19). The molecule has 7 nitrogen and oxygen atoms in total. The topological polar surface area (TPSA) is 98.6 Å². The monoisotopic (exact) mass is 303 g/mol. The maximum absolute atomic E-state index is 5.83. The molecule has 0 fully saturated rings. The summed E-state index contributed by atoms with van der Waals surface area (Å²) in [6.07, 6.45) is 0.712. The number of hydrogen-bond donors (Lipinski definition) is 2. The van der Waals surface area contributed by atoms with Crippen molar-refractivity contribution in [1.82, 2.24) is 10.1 Å². The van der Waals surface area contributed by atoms with Crippen LogP contribution in [0.25, 0.3) is 0 Å². The second-order valence-corrected chi connectivity index (χ2v) is 5.07. The molecule has 1 aromatic carbocycles. The number of aryl methyl sites for hydroxylation is 1. The van der Waals surface area contributed by atoms with Gasteiger partial charge in [0.1, 0.15) is 5.75 Å². The quantitative estimate of drug-likeness (QED) is 0.626. The highest BCUT2D eigenvalue weighted by molar-refractivity contribution is 5.92. The third-order valence-electron chi connectivity index (χ3n) is 2.68. The van der Waals surface area contributed by atoms with Crippen LogP contribution >= 0.6 is 0 Å². The molecule has 118 valence electrons. The minimum Gasteiger partial charge on any atom is -0.491 e. The first-order chi connectivity index (χ1) is 10.5. The van der Waals surface area contributed by atoms with Gasteiger partial charge in [0.05, 0.1) is 12.6 Å². The molecule has 2 rings (SSSR count). The van der Waals surface area contributed by atoms with E-state index in [1.807, 2.05) is 38.1 Å². The number of hydrogen-bond acceptors (Lipinski definition) is 5. The van der Waals surface area contributed by atoms with Gasteiger partial charge in [0, 0.05) is 12.1 Å². The number of nitrogens with one attached hydrogen (secondary N) is 1. The first-order valence-corrected chi connectivity index (χ1v) is 7.16. The summed E-state index contributed by atoms with van der Waals surface area (Å²) in [5, 5.41) is 6.74. The number of nitrogens with two attached hydrogens (primary N) is 1. The third-order valence-corrected chi connectivity index (χ3v) is 2.68. The van der Waals surface area contributed by atoms with E-state index in [-0.39, 0.29) is 6.10 Å². The normalized spacial score (nSPS) is 11.7. The molecule has 0 unspecified atom stereocenters. The van der Waals surface area contributed by atoms with E-state index in [0.717, 1.165) is 11.4 Å². The lowest BCUT2D eigenvalue weighted by molar-refractivity contribution is 0.242. The average Bonchev–Trinajstić information content (AvgIpc) is 2.86. The van der Waals surface area contributed by atoms with Gasteiger partial charge >= 0.3 is 0 Å². The molecule has 1 heterocycles. The minimum absolute atomic E-state index is 0.152. The van der Waals surface area contributed by atoms with Crippen molar-refractivity contribution in [2.45, 2.75) is 33.3 Å². The van der Waals surface area contributed by atoms with Gasteiger partial charge in [0.15, 0.2) is 11.8 Å². The first-order valence-electron chi connectivity index (χ1n) is 7.16. The molecule has 7 heteroatoms. The molecule has 0 aliphatic carbocycles. The largest absolute Gasteiger partial charge is 0.491 e. The number of ether oxygens (including phenoxy) is 1. The summed E-state index contributed by atoms with van der Waals surface area (Å²) >= 11 is 0. The van der Waals surface area contributed by atoms with E-state index in [0.29, 0.717) is 30.6 Å². The average molecular weight is 303 g/mol. The van der Waals surface area contributed by atoms with E-state index in [4.69, 9.17) is 15.0 Å². The van der Waals surface area contributed by atoms with Gasteiger partial charge in [-0.15, -0.1) is 0 Å². The van der Waals surface area contributed by atoms with Crippen LogP contribution in [0.4, 0.5) is 5.69 Å². The van der Waals surface area contributed by atoms with E-state index in [1.54, 1.807) is 6.92 Å². The maximum atomic E-state index is 5.83. The van der Waals surface area contributed by atoms with Crippen LogP contribution in [0.5, 0.6) is 5.75 Å². The highest BCUT2D eigenvalue weighted by atomic mass is 16.5. The molecule has 0 bridgehead atoms. The molecule has 0 atom stereocenters. The Hall–Kier alpha value is -2.57. The first kappa shape index (κ1) is 15.8.